The molecule has 8 nitrogen and oxygen atoms in total. The van der Waals surface area contributed by atoms with Gasteiger partial charge in [0.25, 0.3) is 5.91 Å². The van der Waals surface area contributed by atoms with Gasteiger partial charge in [0.2, 0.25) is 0 Å². The molecule has 1 aliphatic rings. The number of rotatable bonds is 12. The Morgan fingerprint density at radius 1 is 1.13 bits per heavy atom. The number of methoxy groups -OCH3 is 1. The first-order chi connectivity index (χ1) is 18.4. The predicted octanol–water partition coefficient (Wildman–Crippen LogP) is 4.96. The maximum atomic E-state index is 13.4. The second kappa shape index (κ2) is 15.3. The number of nitrogens with zero attached hydrogens (tertiary/aromatic N) is 1. The van der Waals surface area contributed by atoms with Crippen molar-refractivity contribution in [3.63, 3.8) is 0 Å². The smallest absolute Gasteiger partial charge is 0.406 e. The van der Waals surface area contributed by atoms with Crippen molar-refractivity contribution < 1.29 is 19.1 Å². The number of carbonyl (C=O) groups is 2. The van der Waals surface area contributed by atoms with E-state index in [9.17, 15) is 14.9 Å². The molecule has 2 aromatic rings. The van der Waals surface area contributed by atoms with E-state index in [1.54, 1.807) is 30.3 Å². The zero-order chi connectivity index (χ0) is 27.3. The van der Waals surface area contributed by atoms with Gasteiger partial charge in [0.15, 0.2) is 0 Å². The number of benzene rings is 2. The minimum absolute atomic E-state index is 0.00540. The zero-order valence-electron chi connectivity index (χ0n) is 22.1. The Morgan fingerprint density at radius 3 is 2.61 bits per heavy atom. The SMILES string of the molecule is CNC[C@H](CC1CCCCC1)NC(=O)c1cc(C#N)cc(C(OCCNC(=O)OC)c2cccc(Cl)c2)c1. The van der Waals surface area contributed by atoms with Crippen LogP contribution in [0.5, 0.6) is 0 Å². The normalized spacial score (nSPS) is 15.2. The summed E-state index contributed by atoms with van der Waals surface area (Å²) in [6, 6.07) is 14.5. The lowest BCUT2D eigenvalue weighted by molar-refractivity contribution is 0.0804. The quantitative estimate of drug-likeness (QED) is 0.328. The van der Waals surface area contributed by atoms with Crippen LogP contribution in [0, 0.1) is 17.2 Å². The van der Waals surface area contributed by atoms with Crippen LogP contribution in [0.2, 0.25) is 5.02 Å². The third kappa shape index (κ3) is 9.02. The first-order valence-electron chi connectivity index (χ1n) is 13.1. The number of carbonyl (C=O) groups excluding carboxylic acids is 2. The second-order valence-electron chi connectivity index (χ2n) is 9.65. The molecule has 0 aliphatic heterocycles. The lowest BCUT2D eigenvalue weighted by Crippen LogP contribution is -2.42. The van der Waals surface area contributed by atoms with Crippen molar-refractivity contribution >= 4 is 23.6 Å². The van der Waals surface area contributed by atoms with Gasteiger partial charge in [0.1, 0.15) is 6.10 Å². The van der Waals surface area contributed by atoms with Crippen LogP contribution >= 0.6 is 11.6 Å². The van der Waals surface area contributed by atoms with Crippen molar-refractivity contribution in [2.45, 2.75) is 50.7 Å². The molecule has 204 valence electrons. The number of ether oxygens (including phenoxy) is 2. The number of nitriles is 1. The highest BCUT2D eigenvalue weighted by Gasteiger charge is 2.23. The summed E-state index contributed by atoms with van der Waals surface area (Å²) in [5, 5.41) is 19.2. The Labute approximate surface area is 230 Å². The van der Waals surface area contributed by atoms with Gasteiger partial charge >= 0.3 is 6.09 Å². The van der Waals surface area contributed by atoms with Crippen molar-refractivity contribution in [3.05, 3.63) is 69.7 Å². The van der Waals surface area contributed by atoms with Crippen molar-refractivity contribution in [1.82, 2.24) is 16.0 Å². The molecule has 2 atom stereocenters. The molecule has 1 fully saturated rings. The molecule has 0 aromatic heterocycles. The Morgan fingerprint density at radius 2 is 1.92 bits per heavy atom. The monoisotopic (exact) mass is 540 g/mol. The van der Waals surface area contributed by atoms with Crippen LogP contribution in [0.1, 0.15) is 71.7 Å². The van der Waals surface area contributed by atoms with Crippen LogP contribution in [-0.2, 0) is 9.47 Å². The molecular formula is C29H37ClN4O4. The van der Waals surface area contributed by atoms with E-state index in [1.165, 1.54) is 39.2 Å². The highest BCUT2D eigenvalue weighted by Crippen LogP contribution is 2.30. The second-order valence-corrected chi connectivity index (χ2v) is 10.1. The Hall–Kier alpha value is -3.12. The fraction of sp³-hybridized carbons (Fsp3) is 0.483. The molecule has 3 N–H and O–H groups in total. The largest absolute Gasteiger partial charge is 0.453 e. The number of alkyl carbamates (subject to hydrolysis) is 1. The van der Waals surface area contributed by atoms with Gasteiger partial charge in [-0.3, -0.25) is 4.79 Å². The summed E-state index contributed by atoms with van der Waals surface area (Å²) in [6.07, 6.45) is 5.96. The minimum atomic E-state index is -0.608. The number of amides is 2. The van der Waals surface area contributed by atoms with Gasteiger partial charge in [-0.2, -0.15) is 5.26 Å². The summed E-state index contributed by atoms with van der Waals surface area (Å²) in [7, 11) is 3.18. The number of halogens is 1. The third-order valence-electron chi connectivity index (χ3n) is 6.77. The van der Waals surface area contributed by atoms with E-state index in [2.05, 4.69) is 26.8 Å². The molecule has 38 heavy (non-hydrogen) atoms. The third-order valence-corrected chi connectivity index (χ3v) is 7.01. The van der Waals surface area contributed by atoms with Gasteiger partial charge in [-0.1, -0.05) is 55.8 Å². The molecular weight excluding hydrogens is 504 g/mol. The fourth-order valence-corrected chi connectivity index (χ4v) is 5.19. The Bertz CT molecular complexity index is 1110. The van der Waals surface area contributed by atoms with Gasteiger partial charge < -0.3 is 25.4 Å². The summed E-state index contributed by atoms with van der Waals surface area (Å²) in [4.78, 5) is 24.8. The summed E-state index contributed by atoms with van der Waals surface area (Å²) >= 11 is 6.25. The number of hydrogen-bond donors (Lipinski definition) is 3. The maximum Gasteiger partial charge on any atom is 0.406 e. The molecule has 0 spiro atoms. The topological polar surface area (TPSA) is 112 Å². The summed E-state index contributed by atoms with van der Waals surface area (Å²) in [5.41, 5.74) is 2.16. The van der Waals surface area contributed by atoms with Crippen LogP contribution < -0.4 is 16.0 Å². The van der Waals surface area contributed by atoms with E-state index < -0.39 is 12.2 Å². The molecule has 2 amide bonds. The molecule has 0 bridgehead atoms. The van der Waals surface area contributed by atoms with Crippen LogP contribution in [0.15, 0.2) is 42.5 Å². The van der Waals surface area contributed by atoms with E-state index >= 15 is 0 Å². The molecule has 0 radical (unpaired) electrons. The Kier molecular flexibility index (Phi) is 11.9. The van der Waals surface area contributed by atoms with Gasteiger partial charge in [-0.25, -0.2) is 4.79 Å². The Balaban J connectivity index is 1.83. The van der Waals surface area contributed by atoms with Crippen LogP contribution in [0.4, 0.5) is 4.79 Å². The van der Waals surface area contributed by atoms with E-state index in [-0.39, 0.29) is 25.1 Å². The molecule has 1 saturated carbocycles. The number of nitrogens with one attached hydrogen (secondary N) is 3. The molecule has 0 saturated heterocycles. The molecule has 0 heterocycles. The molecule has 1 unspecified atom stereocenters. The van der Waals surface area contributed by atoms with E-state index in [0.717, 1.165) is 12.0 Å². The first kappa shape index (κ1) is 29.4. The summed E-state index contributed by atoms with van der Waals surface area (Å²) < 4.78 is 10.7. The predicted molar refractivity (Wildman–Crippen MR) is 147 cm³/mol. The lowest BCUT2D eigenvalue weighted by Gasteiger charge is -2.27. The van der Waals surface area contributed by atoms with Crippen LogP contribution in [0.25, 0.3) is 0 Å². The van der Waals surface area contributed by atoms with E-state index in [4.69, 9.17) is 16.3 Å². The van der Waals surface area contributed by atoms with Crippen molar-refractivity contribution in [2.75, 3.05) is 33.9 Å². The van der Waals surface area contributed by atoms with Crippen molar-refractivity contribution in [3.8, 4) is 6.07 Å². The van der Waals surface area contributed by atoms with Gasteiger partial charge in [0.05, 0.1) is 25.3 Å². The van der Waals surface area contributed by atoms with Crippen molar-refractivity contribution in [2.24, 2.45) is 5.92 Å². The minimum Gasteiger partial charge on any atom is -0.453 e. The van der Waals surface area contributed by atoms with Gasteiger partial charge in [0, 0.05) is 29.7 Å². The molecule has 3 rings (SSSR count). The van der Waals surface area contributed by atoms with Crippen LogP contribution in [0.3, 0.4) is 0 Å². The van der Waals surface area contributed by atoms with Crippen LogP contribution in [-0.4, -0.2) is 51.9 Å². The van der Waals surface area contributed by atoms with E-state index in [1.807, 2.05) is 19.2 Å². The molecule has 1 aliphatic carbocycles. The number of hydrogen-bond acceptors (Lipinski definition) is 6. The average molecular weight is 541 g/mol. The summed E-state index contributed by atoms with van der Waals surface area (Å²) in [5.74, 6) is 0.388. The number of likely N-dealkylation sites (N-methyl/N-ethyl adjacent to an activating group) is 1. The highest BCUT2D eigenvalue weighted by atomic mass is 35.5. The molecule has 2 aromatic carbocycles. The van der Waals surface area contributed by atoms with Crippen molar-refractivity contribution in [1.29, 1.82) is 5.26 Å². The fourth-order valence-electron chi connectivity index (χ4n) is 4.99. The first-order valence-corrected chi connectivity index (χ1v) is 13.5. The zero-order valence-corrected chi connectivity index (χ0v) is 22.9. The van der Waals surface area contributed by atoms with Gasteiger partial charge in [-0.05, 0) is 60.8 Å². The summed E-state index contributed by atoms with van der Waals surface area (Å²) in [6.45, 7) is 1.08. The maximum absolute atomic E-state index is 13.4. The average Bonchev–Trinajstić information content (AvgIpc) is 2.93. The molecule has 9 heteroatoms. The standard InChI is InChI=1S/C29H37ClN4O4/c1-32-19-26(15-20-7-4-3-5-8-20)34-28(35)24-14-21(18-31)13-23(16-24)27(22-9-6-10-25(30)17-22)38-12-11-33-29(36)37-2/h6,9-10,13-14,16-17,20,26-27,32H,3-5,7-8,11-12,15,19H2,1-2H3,(H,33,36)(H,34,35)/t26-,27?/m0/s1. The highest BCUT2D eigenvalue weighted by molar-refractivity contribution is 6.30. The van der Waals surface area contributed by atoms with Gasteiger partial charge in [-0.15, -0.1) is 0 Å². The lowest BCUT2D eigenvalue weighted by atomic mass is 9.84. The van der Waals surface area contributed by atoms with E-state index in [0.29, 0.717) is 34.2 Å².